The van der Waals surface area contributed by atoms with E-state index in [1.807, 2.05) is 36.6 Å². The summed E-state index contributed by atoms with van der Waals surface area (Å²) in [6.45, 7) is 1.77. The van der Waals surface area contributed by atoms with E-state index in [0.717, 1.165) is 11.3 Å². The second kappa shape index (κ2) is 7.52. The molecule has 0 aliphatic heterocycles. The highest BCUT2D eigenvalue weighted by atomic mass is 35.5. The molecule has 1 N–H and O–H groups in total. The number of rotatable bonds is 6. The van der Waals surface area contributed by atoms with E-state index in [1.54, 1.807) is 18.7 Å². The SMILES string of the molecule is CSCC(NC(=O)Cc1c(C)noc1Cl)c1ccccc1. The molecule has 2 aromatic rings. The van der Waals surface area contributed by atoms with E-state index >= 15 is 0 Å². The molecular weight excluding hydrogens is 308 g/mol. The van der Waals surface area contributed by atoms with E-state index in [1.165, 1.54) is 0 Å². The summed E-state index contributed by atoms with van der Waals surface area (Å²) in [5.41, 5.74) is 2.38. The summed E-state index contributed by atoms with van der Waals surface area (Å²) >= 11 is 7.58. The molecule has 1 heterocycles. The van der Waals surface area contributed by atoms with E-state index < -0.39 is 0 Å². The van der Waals surface area contributed by atoms with Crippen molar-refractivity contribution in [3.05, 3.63) is 52.4 Å². The standard InChI is InChI=1S/C15H17ClN2O2S/c1-10-12(15(16)20-18-10)8-14(19)17-13(9-21-2)11-6-4-3-5-7-11/h3-7,13H,8-9H2,1-2H3,(H,17,19). The maximum atomic E-state index is 12.2. The maximum Gasteiger partial charge on any atom is 0.229 e. The molecule has 4 nitrogen and oxygen atoms in total. The van der Waals surface area contributed by atoms with Crippen molar-refractivity contribution in [3.63, 3.8) is 0 Å². The fourth-order valence-electron chi connectivity index (χ4n) is 2.04. The number of hydrogen-bond acceptors (Lipinski definition) is 4. The van der Waals surface area contributed by atoms with Gasteiger partial charge in [0.15, 0.2) is 0 Å². The molecule has 112 valence electrons. The van der Waals surface area contributed by atoms with Crippen LogP contribution in [0.4, 0.5) is 0 Å². The Bertz CT molecular complexity index is 581. The van der Waals surface area contributed by atoms with Crippen molar-refractivity contribution in [1.29, 1.82) is 0 Å². The van der Waals surface area contributed by atoms with Gasteiger partial charge in [-0.2, -0.15) is 11.8 Å². The summed E-state index contributed by atoms with van der Waals surface area (Å²) in [6.07, 6.45) is 2.19. The van der Waals surface area contributed by atoms with Crippen LogP contribution in [-0.4, -0.2) is 23.1 Å². The van der Waals surface area contributed by atoms with Crippen LogP contribution in [0.15, 0.2) is 34.9 Å². The smallest absolute Gasteiger partial charge is 0.229 e. The van der Waals surface area contributed by atoms with Crippen LogP contribution in [0.25, 0.3) is 0 Å². The van der Waals surface area contributed by atoms with Gasteiger partial charge < -0.3 is 9.84 Å². The number of carbonyl (C=O) groups is 1. The van der Waals surface area contributed by atoms with Gasteiger partial charge in [0, 0.05) is 11.3 Å². The lowest BCUT2D eigenvalue weighted by Gasteiger charge is -2.18. The van der Waals surface area contributed by atoms with Crippen molar-refractivity contribution in [2.24, 2.45) is 0 Å². The molecule has 1 aromatic carbocycles. The molecule has 0 bridgehead atoms. The normalized spacial score (nSPS) is 12.1. The number of nitrogens with zero attached hydrogens (tertiary/aromatic N) is 1. The quantitative estimate of drug-likeness (QED) is 0.884. The lowest BCUT2D eigenvalue weighted by molar-refractivity contribution is -0.121. The van der Waals surface area contributed by atoms with Gasteiger partial charge in [0.05, 0.1) is 18.2 Å². The Morgan fingerprint density at radius 3 is 2.71 bits per heavy atom. The second-order valence-corrected chi connectivity index (χ2v) is 5.94. The fourth-order valence-corrected chi connectivity index (χ4v) is 2.88. The van der Waals surface area contributed by atoms with Gasteiger partial charge in [-0.1, -0.05) is 35.5 Å². The van der Waals surface area contributed by atoms with Crippen molar-refractivity contribution in [3.8, 4) is 0 Å². The molecule has 0 aliphatic rings. The van der Waals surface area contributed by atoms with Gasteiger partial charge in [-0.05, 0) is 30.3 Å². The molecule has 0 radical (unpaired) electrons. The van der Waals surface area contributed by atoms with Gasteiger partial charge in [-0.3, -0.25) is 4.79 Å². The Hall–Kier alpha value is -1.46. The largest absolute Gasteiger partial charge is 0.348 e. The summed E-state index contributed by atoms with van der Waals surface area (Å²) in [6, 6.07) is 9.90. The van der Waals surface area contributed by atoms with Crippen molar-refractivity contribution < 1.29 is 9.32 Å². The Balaban J connectivity index is 2.05. The van der Waals surface area contributed by atoms with Gasteiger partial charge in [0.1, 0.15) is 0 Å². The van der Waals surface area contributed by atoms with Crippen molar-refractivity contribution >= 4 is 29.3 Å². The summed E-state index contributed by atoms with van der Waals surface area (Å²) < 4.78 is 4.86. The van der Waals surface area contributed by atoms with Gasteiger partial charge >= 0.3 is 0 Å². The molecule has 0 saturated heterocycles. The highest BCUT2D eigenvalue weighted by molar-refractivity contribution is 7.98. The van der Waals surface area contributed by atoms with E-state index in [0.29, 0.717) is 11.3 Å². The topological polar surface area (TPSA) is 55.1 Å². The average Bonchev–Trinajstić information content (AvgIpc) is 2.79. The number of aryl methyl sites for hydroxylation is 1. The number of hydrogen-bond donors (Lipinski definition) is 1. The highest BCUT2D eigenvalue weighted by Gasteiger charge is 2.18. The predicted molar refractivity (Wildman–Crippen MR) is 85.7 cm³/mol. The summed E-state index contributed by atoms with van der Waals surface area (Å²) in [7, 11) is 0. The van der Waals surface area contributed by atoms with Crippen molar-refractivity contribution in [2.45, 2.75) is 19.4 Å². The lowest BCUT2D eigenvalue weighted by Crippen LogP contribution is -2.31. The molecule has 1 unspecified atom stereocenters. The van der Waals surface area contributed by atoms with Crippen LogP contribution in [0.2, 0.25) is 5.22 Å². The van der Waals surface area contributed by atoms with E-state index in [4.69, 9.17) is 16.1 Å². The second-order valence-electron chi connectivity index (χ2n) is 4.68. The van der Waals surface area contributed by atoms with Crippen LogP contribution in [0, 0.1) is 6.92 Å². The molecule has 0 spiro atoms. The molecular formula is C15H17ClN2O2S. The van der Waals surface area contributed by atoms with Gasteiger partial charge in [0.2, 0.25) is 11.1 Å². The molecule has 1 atom stereocenters. The molecule has 1 amide bonds. The number of aromatic nitrogens is 1. The Kier molecular flexibility index (Phi) is 5.70. The summed E-state index contributed by atoms with van der Waals surface area (Å²) in [5.74, 6) is 0.720. The summed E-state index contributed by atoms with van der Waals surface area (Å²) in [5, 5.41) is 6.97. The molecule has 21 heavy (non-hydrogen) atoms. The first-order valence-electron chi connectivity index (χ1n) is 6.55. The fraction of sp³-hybridized carbons (Fsp3) is 0.333. The zero-order valence-corrected chi connectivity index (χ0v) is 13.5. The monoisotopic (exact) mass is 324 g/mol. The van der Waals surface area contributed by atoms with E-state index in [9.17, 15) is 4.79 Å². The average molecular weight is 325 g/mol. The Labute approximate surface area is 133 Å². The third-order valence-electron chi connectivity index (χ3n) is 3.14. The highest BCUT2D eigenvalue weighted by Crippen LogP contribution is 2.21. The van der Waals surface area contributed by atoms with Crippen LogP contribution in [0.5, 0.6) is 0 Å². The predicted octanol–water partition coefficient (Wildman–Crippen LogP) is 3.40. The van der Waals surface area contributed by atoms with Crippen LogP contribution in [0.3, 0.4) is 0 Å². The Morgan fingerprint density at radius 1 is 1.43 bits per heavy atom. The number of thioether (sulfide) groups is 1. The van der Waals surface area contributed by atoms with Crippen LogP contribution >= 0.6 is 23.4 Å². The Morgan fingerprint density at radius 2 is 2.14 bits per heavy atom. The van der Waals surface area contributed by atoms with Gasteiger partial charge in [0.25, 0.3) is 0 Å². The first-order chi connectivity index (χ1) is 10.1. The molecule has 0 fully saturated rings. The van der Waals surface area contributed by atoms with Crippen molar-refractivity contribution in [2.75, 3.05) is 12.0 Å². The molecule has 0 aliphatic carbocycles. The number of carbonyl (C=O) groups excluding carboxylic acids is 1. The zero-order valence-electron chi connectivity index (χ0n) is 11.9. The third-order valence-corrected chi connectivity index (χ3v) is 4.11. The van der Waals surface area contributed by atoms with Crippen LogP contribution in [0.1, 0.15) is 22.9 Å². The first-order valence-corrected chi connectivity index (χ1v) is 8.33. The number of nitrogens with one attached hydrogen (secondary N) is 1. The minimum absolute atomic E-state index is 0.0207. The third kappa shape index (κ3) is 4.25. The van der Waals surface area contributed by atoms with Crippen LogP contribution in [-0.2, 0) is 11.2 Å². The number of halogens is 1. The minimum Gasteiger partial charge on any atom is -0.348 e. The molecule has 2 rings (SSSR count). The summed E-state index contributed by atoms with van der Waals surface area (Å²) in [4.78, 5) is 12.2. The lowest BCUT2D eigenvalue weighted by atomic mass is 10.1. The van der Waals surface area contributed by atoms with E-state index in [2.05, 4.69) is 10.5 Å². The molecule has 1 aromatic heterocycles. The van der Waals surface area contributed by atoms with Gasteiger partial charge in [-0.25, -0.2) is 0 Å². The minimum atomic E-state index is -0.0916. The molecule has 0 saturated carbocycles. The zero-order chi connectivity index (χ0) is 15.2. The number of benzene rings is 1. The van der Waals surface area contributed by atoms with Crippen molar-refractivity contribution in [1.82, 2.24) is 10.5 Å². The van der Waals surface area contributed by atoms with Gasteiger partial charge in [-0.15, -0.1) is 0 Å². The number of amides is 1. The molecule has 6 heteroatoms. The maximum absolute atomic E-state index is 12.2. The first kappa shape index (κ1) is 15.9. The van der Waals surface area contributed by atoms with E-state index in [-0.39, 0.29) is 23.6 Å². The van der Waals surface area contributed by atoms with Crippen LogP contribution < -0.4 is 5.32 Å².